The summed E-state index contributed by atoms with van der Waals surface area (Å²) in [5, 5.41) is 0.719. The standard InChI is InChI=1S/C4H4B4N2OS/c5-3(6)1-12-2-4(7,8)10(3)9-11/h1-2H2. The molecule has 3 nitrogen and oxygen atoms in total. The van der Waals surface area contributed by atoms with Crippen molar-refractivity contribution in [2.24, 2.45) is 5.29 Å². The first-order chi connectivity index (χ1) is 5.40. The van der Waals surface area contributed by atoms with Gasteiger partial charge in [0.1, 0.15) is 0 Å². The van der Waals surface area contributed by atoms with Crippen molar-refractivity contribution in [3.8, 4) is 0 Å². The Morgan fingerprint density at radius 1 is 1.17 bits per heavy atom. The molecule has 1 aliphatic rings. The van der Waals surface area contributed by atoms with Crippen molar-refractivity contribution in [1.29, 1.82) is 0 Å². The molecule has 1 fully saturated rings. The highest BCUT2D eigenvalue weighted by atomic mass is 32.2. The zero-order valence-corrected chi connectivity index (χ0v) is 7.25. The van der Waals surface area contributed by atoms with Crippen molar-refractivity contribution >= 4 is 43.1 Å². The molecule has 12 heavy (non-hydrogen) atoms. The maximum atomic E-state index is 10.3. The maximum Gasteiger partial charge on any atom is 0.0937 e. The van der Waals surface area contributed by atoms with Gasteiger partial charge in [0, 0.05) is 11.5 Å². The van der Waals surface area contributed by atoms with Gasteiger partial charge in [-0.25, -0.2) is 0 Å². The quantitative estimate of drug-likeness (QED) is 0.363. The van der Waals surface area contributed by atoms with Crippen LogP contribution in [0.3, 0.4) is 0 Å². The van der Waals surface area contributed by atoms with Gasteiger partial charge in [-0.1, -0.05) is 0 Å². The first-order valence-corrected chi connectivity index (χ1v) is 4.42. The predicted octanol–water partition coefficient (Wildman–Crippen LogP) is -1.30. The van der Waals surface area contributed by atoms with Crippen molar-refractivity contribution in [3.63, 3.8) is 0 Å². The first-order valence-electron chi connectivity index (χ1n) is 3.27. The molecule has 0 amide bonds. The monoisotopic (exact) mass is 172 g/mol. The molecular formula is C4H4B4N2OS. The summed E-state index contributed by atoms with van der Waals surface area (Å²) in [6.07, 6.45) is 0. The van der Waals surface area contributed by atoms with Crippen LogP contribution in [-0.4, -0.2) is 58.6 Å². The van der Waals surface area contributed by atoms with Crippen LogP contribution >= 0.6 is 11.8 Å². The van der Waals surface area contributed by atoms with E-state index in [-0.39, 0.29) is 0 Å². The van der Waals surface area contributed by atoms with Crippen molar-refractivity contribution < 1.29 is 0 Å². The van der Waals surface area contributed by atoms with Gasteiger partial charge in [-0.3, -0.25) is 5.01 Å². The summed E-state index contributed by atoms with van der Waals surface area (Å²) >= 11 is 1.39. The van der Waals surface area contributed by atoms with Gasteiger partial charge in [0.2, 0.25) is 0 Å². The minimum absolute atomic E-state index is 0.370. The summed E-state index contributed by atoms with van der Waals surface area (Å²) in [5.41, 5.74) is 0. The smallest absolute Gasteiger partial charge is 0.0937 e. The predicted molar refractivity (Wildman–Crippen MR) is 53.4 cm³/mol. The topological polar surface area (TPSA) is 32.7 Å². The lowest BCUT2D eigenvalue weighted by Gasteiger charge is -2.50. The van der Waals surface area contributed by atoms with Crippen molar-refractivity contribution in [2.45, 2.75) is 10.7 Å². The van der Waals surface area contributed by atoms with Crippen LogP contribution in [0.1, 0.15) is 0 Å². The number of nitroso groups, excluding NO2 is 1. The van der Waals surface area contributed by atoms with E-state index in [0.29, 0.717) is 11.5 Å². The Bertz CT molecular complexity index is 183. The fraction of sp³-hybridized carbons (Fsp3) is 1.00. The van der Waals surface area contributed by atoms with E-state index in [9.17, 15) is 4.91 Å². The van der Waals surface area contributed by atoms with Crippen molar-refractivity contribution in [3.05, 3.63) is 4.91 Å². The van der Waals surface area contributed by atoms with E-state index in [1.165, 1.54) is 11.8 Å². The molecule has 1 aliphatic heterocycles. The summed E-state index contributed by atoms with van der Waals surface area (Å²) in [6, 6.07) is 0. The average Bonchev–Trinajstić information content (AvgIpc) is 1.83. The van der Waals surface area contributed by atoms with Gasteiger partial charge in [-0.2, -0.15) is 11.8 Å². The molecule has 0 unspecified atom stereocenters. The first kappa shape index (κ1) is 10.1. The average molecular weight is 171 g/mol. The highest BCUT2D eigenvalue weighted by molar-refractivity contribution is 7.99. The summed E-state index contributed by atoms with van der Waals surface area (Å²) < 4.78 is 0. The molecular weight excluding hydrogens is 167 g/mol. The Hall–Kier alpha value is 0.00974. The minimum atomic E-state index is -1.35. The molecule has 0 aromatic carbocycles. The molecule has 0 aliphatic carbocycles. The fourth-order valence-electron chi connectivity index (χ4n) is 1.04. The number of rotatable bonds is 1. The molecule has 0 aromatic rings. The maximum absolute atomic E-state index is 10.3. The molecule has 0 atom stereocenters. The lowest BCUT2D eigenvalue weighted by Crippen LogP contribution is -2.65. The zero-order valence-electron chi connectivity index (χ0n) is 6.43. The molecule has 0 bridgehead atoms. The molecule has 0 saturated carbocycles. The highest BCUT2D eigenvalue weighted by Crippen LogP contribution is 2.30. The number of thioether (sulfide) groups is 1. The van der Waals surface area contributed by atoms with Gasteiger partial charge in [0.15, 0.2) is 0 Å². The molecule has 0 aromatic heterocycles. The number of hydrogen-bond acceptors (Lipinski definition) is 3. The number of hydrogen-bond donors (Lipinski definition) is 0. The second-order valence-corrected chi connectivity index (χ2v) is 3.85. The van der Waals surface area contributed by atoms with Crippen LogP contribution in [0.2, 0.25) is 0 Å². The van der Waals surface area contributed by atoms with Gasteiger partial charge in [0.05, 0.1) is 36.7 Å². The molecule has 54 valence electrons. The van der Waals surface area contributed by atoms with Crippen LogP contribution in [0.4, 0.5) is 0 Å². The normalized spacial score (nSPS) is 26.5. The van der Waals surface area contributed by atoms with Crippen molar-refractivity contribution in [1.82, 2.24) is 5.01 Å². The van der Waals surface area contributed by atoms with Gasteiger partial charge in [-0.05, 0) is 10.7 Å². The van der Waals surface area contributed by atoms with Gasteiger partial charge < -0.3 is 0 Å². The summed E-state index contributed by atoms with van der Waals surface area (Å²) in [6.45, 7) is 0. The SMILES string of the molecule is [B]C1([B])CSCC([B])([B])N1N=O. The van der Waals surface area contributed by atoms with E-state index < -0.39 is 10.7 Å². The van der Waals surface area contributed by atoms with E-state index in [1.807, 2.05) is 0 Å². The Balaban J connectivity index is 2.88. The van der Waals surface area contributed by atoms with Crippen LogP contribution in [0.15, 0.2) is 5.29 Å². The third kappa shape index (κ3) is 1.68. The summed E-state index contributed by atoms with van der Waals surface area (Å²) in [7, 11) is 22.1. The lowest BCUT2D eigenvalue weighted by atomic mass is 9.54. The van der Waals surface area contributed by atoms with Gasteiger partial charge in [0.25, 0.3) is 0 Å². The fourth-order valence-corrected chi connectivity index (χ4v) is 2.04. The highest BCUT2D eigenvalue weighted by Gasteiger charge is 2.40. The molecule has 8 heteroatoms. The molecule has 8 radical (unpaired) electrons. The summed E-state index contributed by atoms with van der Waals surface area (Å²) in [4.78, 5) is 10.3. The lowest BCUT2D eigenvalue weighted by molar-refractivity contribution is 0.202. The van der Waals surface area contributed by atoms with Gasteiger partial charge >= 0.3 is 0 Å². The molecule has 0 spiro atoms. The Labute approximate surface area is 81.0 Å². The third-order valence-corrected chi connectivity index (χ3v) is 2.87. The largest absolute Gasteiger partial charge is 0.283 e. The molecule has 1 saturated heterocycles. The Morgan fingerprint density at radius 2 is 1.58 bits per heavy atom. The zero-order chi connectivity index (χ0) is 9.41. The van der Waals surface area contributed by atoms with Gasteiger partial charge in [-0.15, -0.1) is 4.91 Å². The molecule has 1 heterocycles. The van der Waals surface area contributed by atoms with Crippen LogP contribution in [0, 0.1) is 4.91 Å². The second-order valence-electron chi connectivity index (χ2n) is 2.87. The second kappa shape index (κ2) is 3.05. The van der Waals surface area contributed by atoms with E-state index in [2.05, 4.69) is 5.29 Å². The van der Waals surface area contributed by atoms with E-state index >= 15 is 0 Å². The van der Waals surface area contributed by atoms with E-state index in [4.69, 9.17) is 31.4 Å². The van der Waals surface area contributed by atoms with Crippen LogP contribution < -0.4 is 0 Å². The molecule has 0 N–H and O–H groups in total. The minimum Gasteiger partial charge on any atom is -0.283 e. The number of nitrogens with zero attached hydrogens (tertiary/aromatic N) is 2. The third-order valence-electron chi connectivity index (χ3n) is 1.54. The van der Waals surface area contributed by atoms with Crippen molar-refractivity contribution in [2.75, 3.05) is 11.5 Å². The van der Waals surface area contributed by atoms with E-state index in [0.717, 1.165) is 5.01 Å². The molecule has 1 rings (SSSR count). The summed E-state index contributed by atoms with van der Waals surface area (Å²) in [5.74, 6) is 0.740. The Morgan fingerprint density at radius 3 is 1.83 bits per heavy atom. The van der Waals surface area contributed by atoms with E-state index in [1.54, 1.807) is 0 Å². The van der Waals surface area contributed by atoms with Crippen LogP contribution in [0.5, 0.6) is 0 Å². The van der Waals surface area contributed by atoms with Crippen LogP contribution in [0.25, 0.3) is 0 Å². The Kier molecular flexibility index (Phi) is 2.57. The van der Waals surface area contributed by atoms with Crippen LogP contribution in [-0.2, 0) is 0 Å².